The van der Waals surface area contributed by atoms with E-state index < -0.39 is 0 Å². The number of amides is 1. The average Bonchev–Trinajstić information content (AvgIpc) is 3.06. The summed E-state index contributed by atoms with van der Waals surface area (Å²) in [5.74, 6) is 0.141. The molecule has 4 rings (SSSR count). The highest BCUT2D eigenvalue weighted by atomic mass is 35.5. The molecule has 150 valence electrons. The predicted octanol–water partition coefficient (Wildman–Crippen LogP) is 4.52. The molecule has 0 N–H and O–H groups in total. The second kappa shape index (κ2) is 6.93. The Labute approximate surface area is 173 Å². The lowest BCUT2D eigenvalue weighted by atomic mass is 9.81. The smallest absolute Gasteiger partial charge is 0.253 e. The Morgan fingerprint density at radius 2 is 1.61 bits per heavy atom. The van der Waals surface area contributed by atoms with Gasteiger partial charge in [0.15, 0.2) is 0 Å². The van der Waals surface area contributed by atoms with Gasteiger partial charge in [-0.15, -0.1) is 0 Å². The molecule has 1 fully saturated rings. The van der Waals surface area contributed by atoms with Crippen LogP contribution < -0.4 is 0 Å². The number of rotatable bonds is 1. The molecule has 28 heavy (non-hydrogen) atoms. The number of carbonyl (C=O) groups excluding carboxylic acids is 1. The molecule has 0 saturated carbocycles. The number of likely N-dealkylation sites (tertiary alicyclic amines) is 1. The fourth-order valence-corrected chi connectivity index (χ4v) is 4.99. The molecule has 0 atom stereocenters. The van der Waals surface area contributed by atoms with Crippen LogP contribution in [0, 0.1) is 0 Å². The molecule has 0 radical (unpaired) electrons. The second-order valence-corrected chi connectivity index (χ2v) is 9.65. The van der Waals surface area contributed by atoms with E-state index in [9.17, 15) is 4.79 Å². The van der Waals surface area contributed by atoms with Crippen molar-refractivity contribution in [1.29, 1.82) is 0 Å². The maximum absolute atomic E-state index is 13.0. The molecular formula is C23H30ClN3O. The normalized spacial score (nSPS) is 19.7. The van der Waals surface area contributed by atoms with E-state index in [1.807, 2.05) is 23.1 Å². The van der Waals surface area contributed by atoms with Crippen molar-refractivity contribution >= 4 is 17.5 Å². The molecule has 3 heterocycles. The topological polar surface area (TPSA) is 28.5 Å². The van der Waals surface area contributed by atoms with Gasteiger partial charge in [0.25, 0.3) is 5.91 Å². The molecule has 0 unspecified atom stereocenters. The molecule has 1 aromatic carbocycles. The van der Waals surface area contributed by atoms with Crippen LogP contribution in [0.5, 0.6) is 0 Å². The minimum absolute atomic E-state index is 0.0156. The van der Waals surface area contributed by atoms with E-state index in [4.69, 9.17) is 11.6 Å². The Bertz CT molecular complexity index is 870. The third-order valence-corrected chi connectivity index (χ3v) is 7.00. The second-order valence-electron chi connectivity index (χ2n) is 9.27. The summed E-state index contributed by atoms with van der Waals surface area (Å²) in [5.41, 5.74) is 3.42. The van der Waals surface area contributed by atoms with E-state index in [1.54, 1.807) is 0 Å². The van der Waals surface area contributed by atoms with Gasteiger partial charge in [0.2, 0.25) is 0 Å². The van der Waals surface area contributed by atoms with Crippen molar-refractivity contribution in [2.75, 3.05) is 26.7 Å². The largest absolute Gasteiger partial charge is 0.338 e. The first-order valence-corrected chi connectivity index (χ1v) is 10.6. The van der Waals surface area contributed by atoms with Crippen molar-refractivity contribution in [3.63, 3.8) is 0 Å². The summed E-state index contributed by atoms with van der Waals surface area (Å²) in [4.78, 5) is 17.5. The maximum atomic E-state index is 13.0. The fraction of sp³-hybridized carbons (Fsp3) is 0.522. The quantitative estimate of drug-likeness (QED) is 0.705. The highest BCUT2D eigenvalue weighted by Crippen LogP contribution is 2.42. The Morgan fingerprint density at radius 1 is 0.964 bits per heavy atom. The summed E-state index contributed by atoms with van der Waals surface area (Å²) in [7, 11) is 2.20. The molecule has 1 amide bonds. The van der Waals surface area contributed by atoms with Gasteiger partial charge in [-0.05, 0) is 55.1 Å². The molecular weight excluding hydrogens is 370 g/mol. The van der Waals surface area contributed by atoms with Gasteiger partial charge in [0.05, 0.1) is 5.54 Å². The van der Waals surface area contributed by atoms with Gasteiger partial charge in [-0.25, -0.2) is 0 Å². The number of nitrogens with zero attached hydrogens (tertiary/aromatic N) is 3. The third kappa shape index (κ3) is 3.17. The van der Waals surface area contributed by atoms with Gasteiger partial charge in [-0.2, -0.15) is 0 Å². The van der Waals surface area contributed by atoms with Crippen molar-refractivity contribution in [1.82, 2.24) is 14.4 Å². The number of hydrogen-bond donors (Lipinski definition) is 0. The number of aromatic nitrogens is 1. The first kappa shape index (κ1) is 19.5. The Balaban J connectivity index is 1.51. The molecule has 2 aliphatic rings. The molecule has 2 aliphatic heterocycles. The number of fused-ring (bicyclic) bond motifs is 2. The fourth-order valence-electron chi connectivity index (χ4n) is 4.75. The number of hydrogen-bond acceptors (Lipinski definition) is 2. The van der Waals surface area contributed by atoms with Gasteiger partial charge in [0.1, 0.15) is 5.15 Å². The summed E-state index contributed by atoms with van der Waals surface area (Å²) in [6, 6.07) is 12.3. The van der Waals surface area contributed by atoms with Gasteiger partial charge in [-0.3, -0.25) is 9.69 Å². The van der Waals surface area contributed by atoms with Crippen molar-refractivity contribution < 1.29 is 4.79 Å². The number of piperidine rings is 1. The van der Waals surface area contributed by atoms with Crippen LogP contribution in [0.1, 0.15) is 55.2 Å². The zero-order valence-corrected chi connectivity index (χ0v) is 18.1. The summed E-state index contributed by atoms with van der Waals surface area (Å²) >= 11 is 6.39. The van der Waals surface area contributed by atoms with Crippen LogP contribution in [0.2, 0.25) is 5.15 Å². The highest BCUT2D eigenvalue weighted by Gasteiger charge is 2.44. The SMILES string of the molecule is CN1CCn2c(Cl)ccc2C12CCN(C(=O)c1ccc(C(C)(C)C)cc1)CC2. The number of carbonyl (C=O) groups is 1. The van der Waals surface area contributed by atoms with E-state index in [-0.39, 0.29) is 16.9 Å². The van der Waals surface area contributed by atoms with Gasteiger partial charge < -0.3 is 9.47 Å². The molecule has 0 aliphatic carbocycles. The highest BCUT2D eigenvalue weighted by molar-refractivity contribution is 6.29. The van der Waals surface area contributed by atoms with Crippen molar-refractivity contribution in [2.45, 2.75) is 51.1 Å². The Kier molecular flexibility index (Phi) is 4.83. The van der Waals surface area contributed by atoms with E-state index in [1.165, 1.54) is 11.3 Å². The minimum Gasteiger partial charge on any atom is -0.338 e. The van der Waals surface area contributed by atoms with Crippen LogP contribution in [0.3, 0.4) is 0 Å². The van der Waals surface area contributed by atoms with E-state index in [0.717, 1.165) is 49.7 Å². The lowest BCUT2D eigenvalue weighted by molar-refractivity contribution is 0.0132. The molecule has 2 aromatic rings. The lowest BCUT2D eigenvalue weighted by Crippen LogP contribution is -2.56. The van der Waals surface area contributed by atoms with Gasteiger partial charge in [0, 0.05) is 37.4 Å². The minimum atomic E-state index is -0.0156. The number of likely N-dealkylation sites (N-methyl/N-ethyl adjacent to an activating group) is 1. The molecule has 1 spiro atoms. The molecule has 0 bridgehead atoms. The molecule has 1 saturated heterocycles. The standard InChI is InChI=1S/C23H30ClN3O/c1-22(2,3)18-7-5-17(6-8-18)21(28)26-13-11-23(12-14-26)19-9-10-20(24)27(19)16-15-25(23)4/h5-10H,11-16H2,1-4H3. The zero-order chi connectivity index (χ0) is 20.1. The van der Waals surface area contributed by atoms with Crippen LogP contribution in [-0.2, 0) is 17.5 Å². The van der Waals surface area contributed by atoms with Gasteiger partial charge in [-0.1, -0.05) is 44.5 Å². The van der Waals surface area contributed by atoms with E-state index >= 15 is 0 Å². The maximum Gasteiger partial charge on any atom is 0.253 e. The average molecular weight is 400 g/mol. The van der Waals surface area contributed by atoms with E-state index in [2.05, 4.69) is 55.5 Å². The first-order chi connectivity index (χ1) is 13.2. The zero-order valence-electron chi connectivity index (χ0n) is 17.3. The first-order valence-electron chi connectivity index (χ1n) is 10.2. The van der Waals surface area contributed by atoms with Crippen LogP contribution in [0.4, 0.5) is 0 Å². The molecule has 5 heteroatoms. The van der Waals surface area contributed by atoms with Crippen molar-refractivity contribution in [3.8, 4) is 0 Å². The lowest BCUT2D eigenvalue weighted by Gasteiger charge is -2.50. The number of benzene rings is 1. The predicted molar refractivity (Wildman–Crippen MR) is 114 cm³/mol. The monoisotopic (exact) mass is 399 g/mol. The van der Waals surface area contributed by atoms with Gasteiger partial charge >= 0.3 is 0 Å². The summed E-state index contributed by atoms with van der Waals surface area (Å²) < 4.78 is 2.24. The van der Waals surface area contributed by atoms with Crippen LogP contribution >= 0.6 is 11.6 Å². The Morgan fingerprint density at radius 3 is 2.21 bits per heavy atom. The van der Waals surface area contributed by atoms with Crippen LogP contribution in [0.15, 0.2) is 36.4 Å². The van der Waals surface area contributed by atoms with Crippen molar-refractivity contribution in [3.05, 3.63) is 58.4 Å². The van der Waals surface area contributed by atoms with Crippen LogP contribution in [-0.4, -0.2) is 47.0 Å². The molecule has 4 nitrogen and oxygen atoms in total. The van der Waals surface area contributed by atoms with Crippen LogP contribution in [0.25, 0.3) is 0 Å². The van der Waals surface area contributed by atoms with Crippen molar-refractivity contribution in [2.24, 2.45) is 0 Å². The summed E-state index contributed by atoms with van der Waals surface area (Å²) in [6.07, 6.45) is 1.88. The molecule has 1 aromatic heterocycles. The summed E-state index contributed by atoms with van der Waals surface area (Å²) in [5, 5.41) is 0.819. The number of halogens is 1. The third-order valence-electron chi connectivity index (χ3n) is 6.67. The Hall–Kier alpha value is -1.78. The summed E-state index contributed by atoms with van der Waals surface area (Å²) in [6.45, 7) is 10.0. The van der Waals surface area contributed by atoms with E-state index in [0.29, 0.717) is 0 Å².